The third kappa shape index (κ3) is 3.51. The molecule has 0 spiro atoms. The van der Waals surface area contributed by atoms with Crippen molar-refractivity contribution in [1.29, 1.82) is 0 Å². The number of carbonyl (C=O) groups excluding carboxylic acids is 3. The first-order valence-electron chi connectivity index (χ1n) is 14.2. The molecule has 0 fully saturated rings. The fraction of sp³-hybridized carbons (Fsp3) is 0.559. The summed E-state index contributed by atoms with van der Waals surface area (Å²) >= 11 is 0. The summed E-state index contributed by atoms with van der Waals surface area (Å²) in [5, 5.41) is 12.0. The Morgan fingerprint density at radius 2 is 1.71 bits per heavy atom. The molecule has 1 N–H and O–H groups in total. The van der Waals surface area contributed by atoms with Crippen LogP contribution in [-0.4, -0.2) is 22.5 Å². The lowest BCUT2D eigenvalue weighted by Gasteiger charge is -2.58. The number of Topliss-reactive ketones (excluding diaryl/α,β-unsaturated/α-hetero) is 3. The molecule has 0 amide bonds. The molecule has 1 aromatic carbocycles. The topological polar surface area (TPSA) is 71.4 Å². The van der Waals surface area contributed by atoms with Gasteiger partial charge in [-0.1, -0.05) is 51.5 Å². The number of ketones is 3. The van der Waals surface area contributed by atoms with E-state index in [1.54, 1.807) is 6.92 Å². The normalized spacial score (nSPS) is 31.2. The van der Waals surface area contributed by atoms with Crippen molar-refractivity contribution in [1.82, 2.24) is 0 Å². The highest BCUT2D eigenvalue weighted by Gasteiger charge is 2.65. The van der Waals surface area contributed by atoms with Crippen molar-refractivity contribution in [2.45, 2.75) is 99.8 Å². The van der Waals surface area contributed by atoms with Crippen molar-refractivity contribution in [2.75, 3.05) is 0 Å². The van der Waals surface area contributed by atoms with Crippen molar-refractivity contribution in [3.63, 3.8) is 0 Å². The molecule has 0 unspecified atom stereocenters. The van der Waals surface area contributed by atoms with Gasteiger partial charge in [0.15, 0.2) is 17.3 Å². The summed E-state index contributed by atoms with van der Waals surface area (Å²) in [6, 6.07) is 2.34. The molecule has 1 aromatic rings. The highest BCUT2D eigenvalue weighted by molar-refractivity contribution is 6.24. The Labute approximate surface area is 227 Å². The van der Waals surface area contributed by atoms with E-state index >= 15 is 0 Å². The van der Waals surface area contributed by atoms with Gasteiger partial charge in [-0.05, 0) is 106 Å². The van der Waals surface area contributed by atoms with Crippen molar-refractivity contribution in [2.24, 2.45) is 22.2 Å². The number of benzene rings is 1. The third-order valence-electron chi connectivity index (χ3n) is 10.5. The van der Waals surface area contributed by atoms with Crippen LogP contribution in [0.25, 0.3) is 0 Å². The summed E-state index contributed by atoms with van der Waals surface area (Å²) in [4.78, 5) is 41.0. The van der Waals surface area contributed by atoms with E-state index in [-0.39, 0.29) is 34.6 Å². The first-order valence-corrected chi connectivity index (χ1v) is 14.2. The van der Waals surface area contributed by atoms with Crippen molar-refractivity contribution < 1.29 is 19.5 Å². The number of aliphatic hydroxyl groups excluding tert-OH is 1. The summed E-state index contributed by atoms with van der Waals surface area (Å²) in [7, 11) is 0. The average Bonchev–Trinajstić information content (AvgIpc) is 3.30. The monoisotopic (exact) mass is 514 g/mol. The molecule has 4 aliphatic carbocycles. The predicted molar refractivity (Wildman–Crippen MR) is 150 cm³/mol. The van der Waals surface area contributed by atoms with E-state index < -0.39 is 16.2 Å². The molecular weight excluding hydrogens is 472 g/mol. The predicted octanol–water partition coefficient (Wildman–Crippen LogP) is 7.48. The maximum atomic E-state index is 14.5. The molecule has 38 heavy (non-hydrogen) atoms. The minimum atomic E-state index is -1.31. The van der Waals surface area contributed by atoms with Gasteiger partial charge in [-0.3, -0.25) is 14.4 Å². The Balaban J connectivity index is 1.73. The molecule has 0 radical (unpaired) electrons. The Kier molecular flexibility index (Phi) is 6.09. The molecule has 0 bridgehead atoms. The minimum absolute atomic E-state index is 0.114. The standard InChI is InChI=1S/C34H42O4/c1-18(2)24-14-23(13-22-11-9-10-12-22)20(4)27-25(24)16-32(6)17-33(7)15-19(3)26(21(5)35)30(37)34(33,8)31(38)28(32)29(27)36/h9-10,14,18,22,38H,11-13,15-17H2,1-8H3/t32-,33+,34-/m1/s1. The van der Waals surface area contributed by atoms with E-state index in [1.165, 1.54) is 18.1 Å². The van der Waals surface area contributed by atoms with Crippen LogP contribution in [0.15, 0.2) is 40.7 Å². The van der Waals surface area contributed by atoms with E-state index in [1.807, 2.05) is 6.92 Å². The third-order valence-corrected chi connectivity index (χ3v) is 10.5. The fourth-order valence-electron chi connectivity index (χ4n) is 8.48. The van der Waals surface area contributed by atoms with E-state index in [4.69, 9.17) is 0 Å². The quantitative estimate of drug-likeness (QED) is 0.334. The summed E-state index contributed by atoms with van der Waals surface area (Å²) in [5.41, 5.74) is 4.16. The zero-order chi connectivity index (χ0) is 27.9. The lowest BCUT2D eigenvalue weighted by molar-refractivity contribution is -0.137. The van der Waals surface area contributed by atoms with Crippen molar-refractivity contribution in [3.8, 4) is 0 Å². The van der Waals surface area contributed by atoms with Gasteiger partial charge in [-0.25, -0.2) is 0 Å². The van der Waals surface area contributed by atoms with Gasteiger partial charge in [0.2, 0.25) is 0 Å². The first kappa shape index (κ1) is 26.8. The zero-order valence-electron chi connectivity index (χ0n) is 24.3. The molecule has 0 saturated carbocycles. The molecule has 0 aliphatic heterocycles. The number of rotatable bonds is 4. The summed E-state index contributed by atoms with van der Waals surface area (Å²) < 4.78 is 0. The van der Waals surface area contributed by atoms with Crippen LogP contribution < -0.4 is 0 Å². The van der Waals surface area contributed by atoms with Gasteiger partial charge in [0.25, 0.3) is 0 Å². The van der Waals surface area contributed by atoms with Gasteiger partial charge in [-0.15, -0.1) is 0 Å². The smallest absolute Gasteiger partial charge is 0.193 e. The summed E-state index contributed by atoms with van der Waals surface area (Å²) in [6.45, 7) is 15.6. The zero-order valence-corrected chi connectivity index (χ0v) is 24.3. The van der Waals surface area contributed by atoms with Gasteiger partial charge in [0.05, 0.1) is 11.0 Å². The Morgan fingerprint density at radius 3 is 2.29 bits per heavy atom. The molecule has 0 saturated heterocycles. The number of aliphatic hydroxyl groups is 1. The van der Waals surface area contributed by atoms with Gasteiger partial charge < -0.3 is 5.11 Å². The lowest BCUT2D eigenvalue weighted by atomic mass is 9.44. The molecule has 0 aromatic heterocycles. The number of allylic oxidation sites excluding steroid dienone is 6. The van der Waals surface area contributed by atoms with Crippen LogP contribution in [0.5, 0.6) is 0 Å². The molecule has 4 heteroatoms. The second-order valence-electron chi connectivity index (χ2n) is 13.6. The molecule has 4 aliphatic rings. The highest BCUT2D eigenvalue weighted by atomic mass is 16.3. The van der Waals surface area contributed by atoms with Crippen LogP contribution in [-0.2, 0) is 22.4 Å². The minimum Gasteiger partial charge on any atom is -0.511 e. The van der Waals surface area contributed by atoms with Crippen molar-refractivity contribution >= 4 is 17.3 Å². The van der Waals surface area contributed by atoms with Crippen molar-refractivity contribution in [3.05, 3.63) is 68.5 Å². The summed E-state index contributed by atoms with van der Waals surface area (Å²) in [5.74, 6) is -0.0446. The van der Waals surface area contributed by atoms with Crippen LogP contribution in [0.4, 0.5) is 0 Å². The van der Waals surface area contributed by atoms with Crippen LogP contribution >= 0.6 is 0 Å². The molecule has 5 rings (SSSR count). The Morgan fingerprint density at radius 1 is 1.08 bits per heavy atom. The van der Waals surface area contributed by atoms with E-state index in [2.05, 4.69) is 52.8 Å². The molecule has 3 atom stereocenters. The van der Waals surface area contributed by atoms with Crippen LogP contribution in [0.3, 0.4) is 0 Å². The average molecular weight is 515 g/mol. The lowest BCUT2D eigenvalue weighted by Crippen LogP contribution is -2.57. The van der Waals surface area contributed by atoms with E-state index in [0.29, 0.717) is 30.8 Å². The second kappa shape index (κ2) is 8.63. The van der Waals surface area contributed by atoms with Gasteiger partial charge in [0, 0.05) is 16.6 Å². The molecule has 4 nitrogen and oxygen atoms in total. The largest absolute Gasteiger partial charge is 0.511 e. The Hall–Kier alpha value is -2.75. The molecule has 202 valence electrons. The van der Waals surface area contributed by atoms with E-state index in [0.717, 1.165) is 41.5 Å². The Bertz CT molecular complexity index is 1380. The molecule has 0 heterocycles. The fourth-order valence-corrected chi connectivity index (χ4v) is 8.48. The van der Waals surface area contributed by atoms with Crippen LogP contribution in [0, 0.1) is 29.1 Å². The number of fused-ring (bicyclic) bond motifs is 3. The van der Waals surface area contributed by atoms with E-state index in [9.17, 15) is 19.5 Å². The highest BCUT2D eigenvalue weighted by Crippen LogP contribution is 2.66. The van der Waals surface area contributed by atoms with Crippen LogP contribution in [0.2, 0.25) is 0 Å². The number of hydrogen-bond acceptors (Lipinski definition) is 4. The maximum absolute atomic E-state index is 14.5. The van der Waals surface area contributed by atoms with Crippen LogP contribution in [0.1, 0.15) is 113 Å². The van der Waals surface area contributed by atoms with Gasteiger partial charge in [0.1, 0.15) is 5.76 Å². The van der Waals surface area contributed by atoms with Gasteiger partial charge >= 0.3 is 0 Å². The molecular formula is C34H42O4. The SMILES string of the molecule is CC(=O)C1=C(C)C[C@@]2(C)C[C@@]3(C)Cc4c(C(C)C)cc(CC5CC=CC5)c(C)c4C(=O)C3=C(O)[C@@]2(C)C1=O. The maximum Gasteiger partial charge on any atom is 0.193 e. The summed E-state index contributed by atoms with van der Waals surface area (Å²) in [6.07, 6.45) is 9.36. The number of hydrogen-bond donors (Lipinski definition) is 1. The van der Waals surface area contributed by atoms with Gasteiger partial charge in [-0.2, -0.15) is 0 Å². The second-order valence-corrected chi connectivity index (χ2v) is 13.6. The first-order chi connectivity index (χ1) is 17.7. The number of carbonyl (C=O) groups is 3.